The monoisotopic (exact) mass is 516 g/mol. The van der Waals surface area contributed by atoms with Gasteiger partial charge in [-0.1, -0.05) is 30.3 Å². The Hall–Kier alpha value is -3.54. The number of benzene rings is 2. The summed E-state index contributed by atoms with van der Waals surface area (Å²) in [5.41, 5.74) is 1.16. The molecule has 0 saturated heterocycles. The third-order valence-corrected chi connectivity index (χ3v) is 7.67. The minimum atomic E-state index is -3.63. The van der Waals surface area contributed by atoms with E-state index in [1.165, 1.54) is 49.7 Å². The first-order chi connectivity index (χ1) is 16.6. The molecule has 1 amide bonds. The molecule has 1 aromatic heterocycles. The maximum Gasteiger partial charge on any atom is 0.341 e. The predicted octanol–water partition coefficient (Wildman–Crippen LogP) is 3.64. The molecule has 0 aliphatic carbocycles. The molecule has 0 atom stereocenters. The Kier molecular flexibility index (Phi) is 8.39. The number of sulfonamides is 1. The van der Waals surface area contributed by atoms with Gasteiger partial charge in [0.25, 0.3) is 5.91 Å². The Morgan fingerprint density at radius 3 is 2.20 bits per heavy atom. The first kappa shape index (κ1) is 26.1. The molecule has 0 aliphatic rings. The van der Waals surface area contributed by atoms with Crippen LogP contribution in [0.15, 0.2) is 65.6 Å². The SMILES string of the molecule is CCOC(=O)c1cc(-c2ccccc2)sc1NC(=O)COC(=O)c1ccc(S(=O)(=O)N(C)C)cc1. The zero-order chi connectivity index (χ0) is 25.6. The van der Waals surface area contributed by atoms with Crippen molar-refractivity contribution in [1.82, 2.24) is 4.31 Å². The van der Waals surface area contributed by atoms with Gasteiger partial charge in [-0.15, -0.1) is 11.3 Å². The molecular formula is C24H24N2O7S2. The average Bonchev–Trinajstić information content (AvgIpc) is 3.27. The molecule has 0 spiro atoms. The summed E-state index contributed by atoms with van der Waals surface area (Å²) >= 11 is 1.20. The number of nitrogens with one attached hydrogen (secondary N) is 1. The number of hydrogen-bond acceptors (Lipinski definition) is 8. The van der Waals surface area contributed by atoms with E-state index in [0.717, 1.165) is 14.7 Å². The van der Waals surface area contributed by atoms with Crippen LogP contribution in [0.5, 0.6) is 0 Å². The largest absolute Gasteiger partial charge is 0.462 e. The van der Waals surface area contributed by atoms with E-state index in [1.807, 2.05) is 30.3 Å². The highest BCUT2D eigenvalue weighted by molar-refractivity contribution is 7.89. The molecule has 3 rings (SSSR count). The van der Waals surface area contributed by atoms with Crippen molar-refractivity contribution in [2.45, 2.75) is 11.8 Å². The average molecular weight is 517 g/mol. The second-order valence-electron chi connectivity index (χ2n) is 7.38. The van der Waals surface area contributed by atoms with Gasteiger partial charge in [0.2, 0.25) is 10.0 Å². The summed E-state index contributed by atoms with van der Waals surface area (Å²) in [4.78, 5) is 37.9. The highest BCUT2D eigenvalue weighted by Crippen LogP contribution is 2.36. The standard InChI is InChI=1S/C24H24N2O7S2/c1-4-32-24(29)19-14-20(16-8-6-5-7-9-16)34-22(19)25-21(27)15-33-23(28)17-10-12-18(13-11-17)35(30,31)26(2)3/h5-14H,4,15H2,1-3H3,(H,25,27). The van der Waals surface area contributed by atoms with Gasteiger partial charge in [-0.2, -0.15) is 0 Å². The first-order valence-corrected chi connectivity index (χ1v) is 12.7. The maximum absolute atomic E-state index is 12.5. The van der Waals surface area contributed by atoms with Crippen molar-refractivity contribution in [2.75, 3.05) is 32.6 Å². The highest BCUT2D eigenvalue weighted by Gasteiger charge is 2.21. The molecule has 11 heteroatoms. The second-order valence-corrected chi connectivity index (χ2v) is 10.6. The van der Waals surface area contributed by atoms with Crippen LogP contribution in [0.25, 0.3) is 10.4 Å². The van der Waals surface area contributed by atoms with E-state index in [1.54, 1.807) is 13.0 Å². The number of esters is 2. The van der Waals surface area contributed by atoms with Gasteiger partial charge in [-0.3, -0.25) is 4.79 Å². The normalized spacial score (nSPS) is 11.2. The molecule has 0 aliphatic heterocycles. The van der Waals surface area contributed by atoms with Gasteiger partial charge in [-0.25, -0.2) is 22.3 Å². The second kappa shape index (κ2) is 11.3. The van der Waals surface area contributed by atoms with Crippen molar-refractivity contribution >= 4 is 44.2 Å². The summed E-state index contributed by atoms with van der Waals surface area (Å²) in [5.74, 6) is -2.01. The van der Waals surface area contributed by atoms with Crippen LogP contribution in [0.2, 0.25) is 0 Å². The summed E-state index contributed by atoms with van der Waals surface area (Å²) in [5, 5.41) is 2.88. The molecule has 0 radical (unpaired) electrons. The molecule has 184 valence electrons. The van der Waals surface area contributed by atoms with E-state index in [2.05, 4.69) is 5.32 Å². The number of nitrogens with zero attached hydrogens (tertiary/aromatic N) is 1. The fourth-order valence-electron chi connectivity index (χ4n) is 2.94. The van der Waals surface area contributed by atoms with Crippen molar-refractivity contribution in [3.05, 3.63) is 71.8 Å². The smallest absolute Gasteiger partial charge is 0.341 e. The van der Waals surface area contributed by atoms with Crippen LogP contribution < -0.4 is 5.32 Å². The molecule has 1 heterocycles. The molecular weight excluding hydrogens is 492 g/mol. The number of anilines is 1. The number of rotatable bonds is 9. The number of thiophene rings is 1. The minimum absolute atomic E-state index is 0.0233. The number of carbonyl (C=O) groups excluding carboxylic acids is 3. The van der Waals surface area contributed by atoms with Gasteiger partial charge in [0.1, 0.15) is 5.00 Å². The van der Waals surface area contributed by atoms with Crippen molar-refractivity contribution < 1.29 is 32.3 Å². The summed E-state index contributed by atoms with van der Waals surface area (Å²) in [6, 6.07) is 16.2. The van der Waals surface area contributed by atoms with Gasteiger partial charge in [0.05, 0.1) is 22.6 Å². The lowest BCUT2D eigenvalue weighted by molar-refractivity contribution is -0.119. The van der Waals surface area contributed by atoms with E-state index in [0.29, 0.717) is 0 Å². The van der Waals surface area contributed by atoms with Crippen molar-refractivity contribution in [3.8, 4) is 10.4 Å². The Morgan fingerprint density at radius 1 is 0.943 bits per heavy atom. The molecule has 3 aromatic rings. The Labute approximate surface area is 207 Å². The van der Waals surface area contributed by atoms with Crippen molar-refractivity contribution in [3.63, 3.8) is 0 Å². The number of amides is 1. The molecule has 0 unspecified atom stereocenters. The lowest BCUT2D eigenvalue weighted by atomic mass is 10.1. The zero-order valence-electron chi connectivity index (χ0n) is 19.3. The third-order valence-electron chi connectivity index (χ3n) is 4.74. The number of carbonyl (C=O) groups is 3. The number of hydrogen-bond donors (Lipinski definition) is 1. The van der Waals surface area contributed by atoms with Crippen LogP contribution in [-0.4, -0.2) is 57.9 Å². The first-order valence-electron chi connectivity index (χ1n) is 10.5. The molecule has 0 bridgehead atoms. The quantitative estimate of drug-likeness (QED) is 0.431. The minimum Gasteiger partial charge on any atom is -0.462 e. The lowest BCUT2D eigenvalue weighted by Crippen LogP contribution is -2.23. The summed E-state index contributed by atoms with van der Waals surface area (Å²) < 4.78 is 35.5. The molecule has 2 aromatic carbocycles. The van der Waals surface area contributed by atoms with Crippen LogP contribution in [0.3, 0.4) is 0 Å². The van der Waals surface area contributed by atoms with Gasteiger partial charge in [0, 0.05) is 19.0 Å². The van der Waals surface area contributed by atoms with Gasteiger partial charge in [-0.05, 0) is 42.8 Å². The molecule has 9 nitrogen and oxygen atoms in total. The van der Waals surface area contributed by atoms with Crippen LogP contribution in [0.4, 0.5) is 5.00 Å². The summed E-state index contributed by atoms with van der Waals surface area (Å²) in [6.07, 6.45) is 0. The van der Waals surface area contributed by atoms with Gasteiger partial charge < -0.3 is 14.8 Å². The zero-order valence-corrected chi connectivity index (χ0v) is 20.9. The third kappa shape index (κ3) is 6.32. The topological polar surface area (TPSA) is 119 Å². The fraction of sp³-hybridized carbons (Fsp3) is 0.208. The Bertz CT molecular complexity index is 1320. The van der Waals surface area contributed by atoms with Crippen molar-refractivity contribution in [2.24, 2.45) is 0 Å². The Balaban J connectivity index is 1.68. The molecule has 35 heavy (non-hydrogen) atoms. The van der Waals surface area contributed by atoms with Gasteiger partial charge in [0.15, 0.2) is 6.61 Å². The highest BCUT2D eigenvalue weighted by atomic mass is 32.2. The van der Waals surface area contributed by atoms with Crippen LogP contribution in [0.1, 0.15) is 27.6 Å². The van der Waals surface area contributed by atoms with E-state index >= 15 is 0 Å². The van der Waals surface area contributed by atoms with Crippen molar-refractivity contribution in [1.29, 1.82) is 0 Å². The fourth-order valence-corrected chi connectivity index (χ4v) is 4.91. The van der Waals surface area contributed by atoms with Gasteiger partial charge >= 0.3 is 11.9 Å². The van der Waals surface area contributed by atoms with Crippen LogP contribution in [0, 0.1) is 0 Å². The van der Waals surface area contributed by atoms with E-state index in [9.17, 15) is 22.8 Å². The predicted molar refractivity (Wildman–Crippen MR) is 132 cm³/mol. The van der Waals surface area contributed by atoms with E-state index in [4.69, 9.17) is 9.47 Å². The van der Waals surface area contributed by atoms with Crippen LogP contribution in [-0.2, 0) is 24.3 Å². The van der Waals surface area contributed by atoms with E-state index < -0.39 is 34.5 Å². The Morgan fingerprint density at radius 2 is 1.60 bits per heavy atom. The molecule has 0 saturated carbocycles. The number of ether oxygens (including phenoxy) is 2. The molecule has 0 fully saturated rings. The lowest BCUT2D eigenvalue weighted by Gasteiger charge is -2.11. The molecule has 1 N–H and O–H groups in total. The van der Waals surface area contributed by atoms with E-state index in [-0.39, 0.29) is 27.6 Å². The van der Waals surface area contributed by atoms with Crippen LogP contribution >= 0.6 is 11.3 Å². The summed E-state index contributed by atoms with van der Waals surface area (Å²) in [6.45, 7) is 1.26. The maximum atomic E-state index is 12.5. The summed E-state index contributed by atoms with van der Waals surface area (Å²) in [7, 11) is -0.827.